The number of nitrogens with one attached hydrogen (secondary N) is 1. The van der Waals surface area contributed by atoms with Gasteiger partial charge in [-0.05, 0) is 170 Å². The Labute approximate surface area is 381 Å². The van der Waals surface area contributed by atoms with Crippen LogP contribution in [-0.4, -0.2) is 7.28 Å². The van der Waals surface area contributed by atoms with E-state index in [2.05, 4.69) is 214 Å². The third-order valence-corrected chi connectivity index (χ3v) is 15.6. The first-order valence-electron chi connectivity index (χ1n) is 23.5. The molecular formula is C60H60BN2O. The molecule has 1 N–H and O–H groups in total. The maximum atomic E-state index is 7.22. The van der Waals surface area contributed by atoms with Crippen molar-refractivity contribution in [3.63, 3.8) is 0 Å². The molecule has 8 aromatic rings. The predicted molar refractivity (Wildman–Crippen MR) is 274 cm³/mol. The number of benzene rings is 7. The Hall–Kier alpha value is -6.00. The summed E-state index contributed by atoms with van der Waals surface area (Å²) >= 11 is 0. The molecule has 11 rings (SSSR count). The van der Waals surface area contributed by atoms with Crippen LogP contribution in [0, 0.1) is 13.8 Å². The number of aryl methyl sites for hydroxylation is 2. The van der Waals surface area contributed by atoms with Crippen LogP contribution >= 0.6 is 0 Å². The molecule has 4 heteroatoms. The van der Waals surface area contributed by atoms with Gasteiger partial charge in [-0.25, -0.2) is 0 Å². The fourth-order valence-electron chi connectivity index (χ4n) is 11.5. The van der Waals surface area contributed by atoms with E-state index in [4.69, 9.17) is 4.42 Å². The standard InChI is InChI=1S/C60H60BN2O/c1-36-30-44(53-42-19-15-14-18-40(42)22-25-49(53)62-41-23-20-39(21-24-41)38-16-12-11-13-17-38)54-51(31-36)63(50-34-47-45(32-37(50)2)57(3,4)26-28-59(47,7)8)55-43-33-46-48(35-52(43)64-56(55)61-54)60(9,10)29-27-58(46,5)6/h11-25,30-35,62H,26-29H2,1-10H3. The largest absolute Gasteiger partial charge is 0.469 e. The van der Waals surface area contributed by atoms with Crippen LogP contribution in [0.15, 0.2) is 132 Å². The maximum absolute atomic E-state index is 7.22. The van der Waals surface area contributed by atoms with E-state index in [1.807, 2.05) is 0 Å². The molecule has 1 aliphatic heterocycles. The fourth-order valence-corrected chi connectivity index (χ4v) is 11.5. The van der Waals surface area contributed by atoms with Crippen molar-refractivity contribution in [3.05, 3.63) is 161 Å². The SMILES string of the molecule is Cc1cc(-c2c(Nc3ccc(-c4ccccc4)cc3)ccc3ccccc23)c2c(c1)N(c1cc3c(cc1C)C(C)(C)CCC3(C)C)c1c(oc3cc4c(cc13)C(C)(C)CCC4(C)C)[B]2. The normalized spacial score (nSPS) is 17.6. The summed E-state index contributed by atoms with van der Waals surface area (Å²) in [4.78, 5) is 2.59. The molecule has 0 atom stereocenters. The highest BCUT2D eigenvalue weighted by Crippen LogP contribution is 2.53. The van der Waals surface area contributed by atoms with E-state index in [1.54, 1.807) is 0 Å². The van der Waals surface area contributed by atoms with Gasteiger partial charge >= 0.3 is 0 Å². The molecular weight excluding hydrogens is 775 g/mol. The molecule has 0 saturated heterocycles. The molecule has 3 aliphatic rings. The number of fused-ring (bicyclic) bond motifs is 7. The first-order chi connectivity index (χ1) is 30.5. The second kappa shape index (κ2) is 14.3. The first kappa shape index (κ1) is 40.8. The molecule has 319 valence electrons. The zero-order chi connectivity index (χ0) is 44.5. The highest BCUT2D eigenvalue weighted by atomic mass is 16.3. The van der Waals surface area contributed by atoms with Gasteiger partial charge in [-0.3, -0.25) is 0 Å². The number of hydrogen-bond acceptors (Lipinski definition) is 3. The van der Waals surface area contributed by atoms with Crippen LogP contribution in [0.25, 0.3) is 44.0 Å². The molecule has 0 fully saturated rings. The van der Waals surface area contributed by atoms with Crippen LogP contribution in [0.5, 0.6) is 0 Å². The van der Waals surface area contributed by atoms with E-state index in [0.717, 1.165) is 53.0 Å². The van der Waals surface area contributed by atoms with E-state index in [0.29, 0.717) is 0 Å². The number of rotatable bonds is 5. The minimum Gasteiger partial charge on any atom is -0.469 e. The molecule has 0 saturated carbocycles. The van der Waals surface area contributed by atoms with Crippen LogP contribution in [0.1, 0.15) is 114 Å². The van der Waals surface area contributed by atoms with Gasteiger partial charge in [0.1, 0.15) is 5.58 Å². The minimum atomic E-state index is 0.0502. The van der Waals surface area contributed by atoms with Crippen LogP contribution in [0.3, 0.4) is 0 Å². The van der Waals surface area contributed by atoms with Crippen molar-refractivity contribution in [2.75, 3.05) is 10.2 Å². The molecule has 64 heavy (non-hydrogen) atoms. The Kier molecular flexibility index (Phi) is 9.08. The van der Waals surface area contributed by atoms with E-state index in [-0.39, 0.29) is 21.7 Å². The lowest BCUT2D eigenvalue weighted by Gasteiger charge is -2.43. The van der Waals surface area contributed by atoms with Crippen LogP contribution in [-0.2, 0) is 21.7 Å². The van der Waals surface area contributed by atoms with Crippen molar-refractivity contribution in [2.45, 2.75) is 117 Å². The second-order valence-electron chi connectivity index (χ2n) is 21.9. The van der Waals surface area contributed by atoms with Crippen molar-refractivity contribution >= 4 is 68.6 Å². The van der Waals surface area contributed by atoms with Crippen molar-refractivity contribution < 1.29 is 4.42 Å². The minimum absolute atomic E-state index is 0.0502. The topological polar surface area (TPSA) is 28.4 Å². The zero-order valence-electron chi connectivity index (χ0n) is 39.4. The van der Waals surface area contributed by atoms with Gasteiger partial charge in [0.25, 0.3) is 0 Å². The van der Waals surface area contributed by atoms with Gasteiger partial charge in [0.2, 0.25) is 7.28 Å². The van der Waals surface area contributed by atoms with Crippen LogP contribution in [0.4, 0.5) is 28.4 Å². The van der Waals surface area contributed by atoms with Gasteiger partial charge in [0, 0.05) is 33.7 Å². The summed E-state index contributed by atoms with van der Waals surface area (Å²) in [5.74, 6) is 0. The van der Waals surface area contributed by atoms with Crippen molar-refractivity contribution in [1.29, 1.82) is 0 Å². The van der Waals surface area contributed by atoms with Crippen LogP contribution in [0.2, 0.25) is 0 Å². The zero-order valence-corrected chi connectivity index (χ0v) is 39.4. The van der Waals surface area contributed by atoms with Crippen molar-refractivity contribution in [2.24, 2.45) is 0 Å². The van der Waals surface area contributed by atoms with Gasteiger partial charge in [-0.1, -0.05) is 140 Å². The summed E-state index contributed by atoms with van der Waals surface area (Å²) in [5, 5.41) is 7.51. The fraction of sp³-hybridized carbons (Fsp3) is 0.300. The second-order valence-corrected chi connectivity index (χ2v) is 21.9. The van der Waals surface area contributed by atoms with E-state index < -0.39 is 0 Å². The highest BCUT2D eigenvalue weighted by molar-refractivity contribution is 6.73. The molecule has 0 spiro atoms. The molecule has 0 bridgehead atoms. The number of furan rings is 1. The van der Waals surface area contributed by atoms with Crippen LogP contribution < -0.4 is 21.3 Å². The summed E-state index contributed by atoms with van der Waals surface area (Å²) in [7, 11) is 2.35. The summed E-state index contributed by atoms with van der Waals surface area (Å²) in [6.07, 6.45) is 4.66. The van der Waals surface area contributed by atoms with E-state index in [9.17, 15) is 0 Å². The first-order valence-corrected chi connectivity index (χ1v) is 23.5. The maximum Gasteiger partial charge on any atom is 0.247 e. The Morgan fingerprint density at radius 1 is 0.547 bits per heavy atom. The summed E-state index contributed by atoms with van der Waals surface area (Å²) < 4.78 is 7.22. The molecule has 0 amide bonds. The van der Waals surface area contributed by atoms with Gasteiger partial charge in [-0.15, -0.1) is 0 Å². The Bertz CT molecular complexity index is 3180. The quantitative estimate of drug-likeness (QED) is 0.175. The monoisotopic (exact) mass is 835 g/mol. The molecule has 7 aromatic carbocycles. The molecule has 2 aliphatic carbocycles. The number of hydrogen-bond donors (Lipinski definition) is 1. The number of nitrogens with zero attached hydrogens (tertiary/aromatic N) is 1. The third-order valence-electron chi connectivity index (χ3n) is 15.6. The van der Waals surface area contributed by atoms with Gasteiger partial charge in [0.05, 0.1) is 11.3 Å². The third kappa shape index (κ3) is 6.46. The van der Waals surface area contributed by atoms with Gasteiger partial charge < -0.3 is 14.6 Å². The Balaban J connectivity index is 1.16. The lowest BCUT2D eigenvalue weighted by Crippen LogP contribution is -2.40. The lowest BCUT2D eigenvalue weighted by molar-refractivity contribution is 0.332. The van der Waals surface area contributed by atoms with Gasteiger partial charge in [0.15, 0.2) is 0 Å². The average Bonchev–Trinajstić information content (AvgIpc) is 3.63. The molecule has 1 radical (unpaired) electrons. The molecule has 1 aromatic heterocycles. The Morgan fingerprint density at radius 2 is 1.14 bits per heavy atom. The predicted octanol–water partition coefficient (Wildman–Crippen LogP) is 15.4. The van der Waals surface area contributed by atoms with Gasteiger partial charge in [-0.2, -0.15) is 0 Å². The number of anilines is 5. The summed E-state index contributed by atoms with van der Waals surface area (Å²) in [5.41, 5.74) is 22.1. The molecule has 2 heterocycles. The summed E-state index contributed by atoms with van der Waals surface area (Å²) in [6, 6.07) is 47.5. The average molecular weight is 836 g/mol. The van der Waals surface area contributed by atoms with Crippen molar-refractivity contribution in [1.82, 2.24) is 0 Å². The molecule has 3 nitrogen and oxygen atoms in total. The van der Waals surface area contributed by atoms with E-state index in [1.165, 1.54) is 89.6 Å². The highest BCUT2D eigenvalue weighted by Gasteiger charge is 2.42. The van der Waals surface area contributed by atoms with E-state index >= 15 is 0 Å². The van der Waals surface area contributed by atoms with Crippen molar-refractivity contribution in [3.8, 4) is 22.3 Å². The lowest BCUT2D eigenvalue weighted by atomic mass is 9.60. The molecule has 0 unspecified atom stereocenters. The smallest absolute Gasteiger partial charge is 0.247 e. The summed E-state index contributed by atoms with van der Waals surface area (Å²) in [6.45, 7) is 24.0. The Morgan fingerprint density at radius 3 is 1.83 bits per heavy atom.